The molecule has 1 unspecified atom stereocenters. The first kappa shape index (κ1) is 9.67. The van der Waals surface area contributed by atoms with Gasteiger partial charge in [-0.25, -0.2) is 0 Å². The predicted octanol–water partition coefficient (Wildman–Crippen LogP) is 0.261. The first-order valence-corrected chi connectivity index (χ1v) is 5.52. The summed E-state index contributed by atoms with van der Waals surface area (Å²) in [5, 5.41) is 9.37. The van der Waals surface area contributed by atoms with E-state index in [0.29, 0.717) is 11.2 Å². The van der Waals surface area contributed by atoms with Gasteiger partial charge < -0.3 is 15.5 Å². The molecule has 0 bridgehead atoms. The van der Waals surface area contributed by atoms with E-state index in [2.05, 4.69) is 34.0 Å². The molecule has 6 heteroatoms. The third kappa shape index (κ3) is 1.80. The van der Waals surface area contributed by atoms with Crippen molar-refractivity contribution >= 4 is 21.6 Å². The topological polar surface area (TPSA) is 58.3 Å². The maximum absolute atomic E-state index is 5.56. The Balaban J connectivity index is 2.06. The zero-order valence-corrected chi connectivity index (χ0v) is 9.29. The SMILES string of the molecule is CC1CN(c2nnc(N)s2)CCN1C. The second kappa shape index (κ2) is 3.70. The number of likely N-dealkylation sites (N-methyl/N-ethyl adjacent to an activating group) is 1. The molecule has 0 aromatic carbocycles. The molecule has 0 radical (unpaired) electrons. The van der Waals surface area contributed by atoms with Crippen LogP contribution in [-0.4, -0.2) is 47.8 Å². The molecule has 0 saturated carbocycles. The van der Waals surface area contributed by atoms with Crippen molar-refractivity contribution in [3.63, 3.8) is 0 Å². The molecule has 1 fully saturated rings. The van der Waals surface area contributed by atoms with E-state index in [-0.39, 0.29) is 0 Å². The normalized spacial score (nSPS) is 24.1. The molecular weight excluding hydrogens is 198 g/mol. The molecule has 0 aliphatic carbocycles. The Kier molecular flexibility index (Phi) is 2.56. The highest BCUT2D eigenvalue weighted by Gasteiger charge is 2.22. The fourth-order valence-electron chi connectivity index (χ4n) is 1.58. The van der Waals surface area contributed by atoms with Crippen LogP contribution in [0.3, 0.4) is 0 Å². The molecule has 0 spiro atoms. The number of nitrogen functional groups attached to an aromatic ring is 1. The molecule has 2 N–H and O–H groups in total. The summed E-state index contributed by atoms with van der Waals surface area (Å²) >= 11 is 1.46. The average molecular weight is 213 g/mol. The lowest BCUT2D eigenvalue weighted by atomic mass is 10.2. The van der Waals surface area contributed by atoms with Crippen LogP contribution < -0.4 is 10.6 Å². The minimum Gasteiger partial charge on any atom is -0.374 e. The van der Waals surface area contributed by atoms with E-state index in [1.807, 2.05) is 0 Å². The van der Waals surface area contributed by atoms with Gasteiger partial charge in [-0.05, 0) is 14.0 Å². The van der Waals surface area contributed by atoms with Gasteiger partial charge in [0, 0.05) is 25.7 Å². The van der Waals surface area contributed by atoms with E-state index in [1.54, 1.807) is 0 Å². The smallest absolute Gasteiger partial charge is 0.210 e. The van der Waals surface area contributed by atoms with Crippen LogP contribution in [0.25, 0.3) is 0 Å². The number of hydrogen-bond donors (Lipinski definition) is 1. The third-order valence-corrected chi connectivity index (χ3v) is 3.47. The second-order valence-electron chi connectivity index (χ2n) is 3.70. The summed E-state index contributed by atoms with van der Waals surface area (Å²) in [6.07, 6.45) is 0. The maximum Gasteiger partial charge on any atom is 0.210 e. The van der Waals surface area contributed by atoms with Crippen molar-refractivity contribution in [3.8, 4) is 0 Å². The van der Waals surface area contributed by atoms with Crippen LogP contribution in [-0.2, 0) is 0 Å². The molecule has 14 heavy (non-hydrogen) atoms. The number of nitrogens with zero attached hydrogens (tertiary/aromatic N) is 4. The van der Waals surface area contributed by atoms with Crippen LogP contribution in [0.4, 0.5) is 10.3 Å². The van der Waals surface area contributed by atoms with Crippen molar-refractivity contribution in [1.29, 1.82) is 0 Å². The molecule has 1 aliphatic heterocycles. The fraction of sp³-hybridized carbons (Fsp3) is 0.750. The van der Waals surface area contributed by atoms with Crippen molar-refractivity contribution < 1.29 is 0 Å². The highest BCUT2D eigenvalue weighted by molar-refractivity contribution is 7.18. The molecule has 1 aliphatic rings. The molecule has 2 rings (SSSR count). The molecule has 2 heterocycles. The molecule has 1 saturated heterocycles. The summed E-state index contributed by atoms with van der Waals surface area (Å²) in [5.74, 6) is 0. The summed E-state index contributed by atoms with van der Waals surface area (Å²) in [7, 11) is 2.15. The van der Waals surface area contributed by atoms with Crippen molar-refractivity contribution in [2.45, 2.75) is 13.0 Å². The minimum absolute atomic E-state index is 0.548. The van der Waals surface area contributed by atoms with Gasteiger partial charge in [-0.2, -0.15) is 0 Å². The summed E-state index contributed by atoms with van der Waals surface area (Å²) in [4.78, 5) is 4.60. The standard InChI is InChI=1S/C8H15N5S/c1-6-5-13(4-3-12(6)2)8-11-10-7(9)14-8/h6H,3-5H2,1-2H3,(H2,9,10). The Morgan fingerprint density at radius 3 is 2.79 bits per heavy atom. The zero-order chi connectivity index (χ0) is 10.1. The largest absolute Gasteiger partial charge is 0.374 e. The molecular formula is C8H15N5S. The van der Waals surface area contributed by atoms with Crippen molar-refractivity contribution in [1.82, 2.24) is 15.1 Å². The molecule has 5 nitrogen and oxygen atoms in total. The van der Waals surface area contributed by atoms with E-state index in [4.69, 9.17) is 5.73 Å². The Morgan fingerprint density at radius 2 is 2.21 bits per heavy atom. The molecule has 1 aromatic rings. The second-order valence-corrected chi connectivity index (χ2v) is 4.69. The molecule has 0 amide bonds. The number of aromatic nitrogens is 2. The number of anilines is 2. The lowest BCUT2D eigenvalue weighted by Gasteiger charge is -2.37. The first-order chi connectivity index (χ1) is 6.66. The number of piperazine rings is 1. The van der Waals surface area contributed by atoms with Gasteiger partial charge in [0.15, 0.2) is 0 Å². The zero-order valence-electron chi connectivity index (χ0n) is 8.47. The predicted molar refractivity (Wildman–Crippen MR) is 58.6 cm³/mol. The average Bonchev–Trinajstić information content (AvgIpc) is 2.57. The van der Waals surface area contributed by atoms with E-state index < -0.39 is 0 Å². The van der Waals surface area contributed by atoms with E-state index in [0.717, 1.165) is 24.8 Å². The lowest BCUT2D eigenvalue weighted by Crippen LogP contribution is -2.50. The molecule has 78 valence electrons. The van der Waals surface area contributed by atoms with Crippen LogP contribution in [0.1, 0.15) is 6.92 Å². The van der Waals surface area contributed by atoms with Gasteiger partial charge in [0.05, 0.1) is 0 Å². The molecule has 1 atom stereocenters. The van der Waals surface area contributed by atoms with Gasteiger partial charge in [-0.3, -0.25) is 0 Å². The minimum atomic E-state index is 0.548. The number of nitrogens with two attached hydrogens (primary N) is 1. The fourth-order valence-corrected chi connectivity index (χ4v) is 2.22. The Labute approximate surface area is 87.5 Å². The first-order valence-electron chi connectivity index (χ1n) is 4.71. The van der Waals surface area contributed by atoms with Crippen LogP contribution >= 0.6 is 11.3 Å². The summed E-state index contributed by atoms with van der Waals surface area (Å²) in [5.41, 5.74) is 5.56. The highest BCUT2D eigenvalue weighted by atomic mass is 32.1. The third-order valence-electron chi connectivity index (χ3n) is 2.66. The van der Waals surface area contributed by atoms with E-state index >= 15 is 0 Å². The number of hydrogen-bond acceptors (Lipinski definition) is 6. The lowest BCUT2D eigenvalue weighted by molar-refractivity contribution is 0.234. The van der Waals surface area contributed by atoms with Gasteiger partial charge >= 0.3 is 0 Å². The Bertz CT molecular complexity index is 312. The van der Waals surface area contributed by atoms with E-state index in [9.17, 15) is 0 Å². The maximum atomic E-state index is 5.56. The van der Waals surface area contributed by atoms with Crippen LogP contribution in [0.5, 0.6) is 0 Å². The highest BCUT2D eigenvalue weighted by Crippen LogP contribution is 2.23. The van der Waals surface area contributed by atoms with Gasteiger partial charge in [0.2, 0.25) is 10.3 Å². The summed E-state index contributed by atoms with van der Waals surface area (Å²) in [6.45, 7) is 5.30. The summed E-state index contributed by atoms with van der Waals surface area (Å²) < 4.78 is 0. The van der Waals surface area contributed by atoms with Gasteiger partial charge in [-0.1, -0.05) is 11.3 Å². The Morgan fingerprint density at radius 1 is 1.43 bits per heavy atom. The van der Waals surface area contributed by atoms with Crippen LogP contribution in [0.15, 0.2) is 0 Å². The van der Waals surface area contributed by atoms with Gasteiger partial charge in [0.25, 0.3) is 0 Å². The monoisotopic (exact) mass is 213 g/mol. The van der Waals surface area contributed by atoms with Crippen LogP contribution in [0, 0.1) is 0 Å². The van der Waals surface area contributed by atoms with Crippen molar-refractivity contribution in [2.24, 2.45) is 0 Å². The summed E-state index contributed by atoms with van der Waals surface area (Å²) in [6, 6.07) is 0.564. The number of rotatable bonds is 1. The van der Waals surface area contributed by atoms with Crippen molar-refractivity contribution in [3.05, 3.63) is 0 Å². The van der Waals surface area contributed by atoms with Gasteiger partial charge in [0.1, 0.15) is 0 Å². The Hall–Kier alpha value is -0.880. The molecule has 1 aromatic heterocycles. The van der Waals surface area contributed by atoms with E-state index in [1.165, 1.54) is 11.3 Å². The van der Waals surface area contributed by atoms with Crippen LogP contribution in [0.2, 0.25) is 0 Å². The van der Waals surface area contributed by atoms with Crippen molar-refractivity contribution in [2.75, 3.05) is 37.3 Å². The quantitative estimate of drug-likeness (QED) is 0.725. The van der Waals surface area contributed by atoms with Gasteiger partial charge in [-0.15, -0.1) is 10.2 Å².